The predicted molar refractivity (Wildman–Crippen MR) is 81.5 cm³/mol. The molecule has 0 amide bonds. The Bertz CT molecular complexity index is 595. The van der Waals surface area contributed by atoms with E-state index in [1.54, 1.807) is 6.07 Å². The molecule has 1 heterocycles. The maximum Gasteiger partial charge on any atom is 0.354 e. The zero-order chi connectivity index (χ0) is 14.5. The van der Waals surface area contributed by atoms with E-state index >= 15 is 0 Å². The first kappa shape index (κ1) is 14.8. The maximum atomic E-state index is 11.4. The van der Waals surface area contributed by atoms with Crippen molar-refractivity contribution in [1.29, 1.82) is 0 Å². The fourth-order valence-corrected chi connectivity index (χ4v) is 2.60. The van der Waals surface area contributed by atoms with Crippen LogP contribution >= 0.6 is 15.9 Å². The van der Waals surface area contributed by atoms with Gasteiger partial charge in [0.25, 0.3) is 0 Å². The van der Waals surface area contributed by atoms with Crippen LogP contribution in [-0.2, 0) is 11.3 Å². The molecule has 0 aliphatic rings. The van der Waals surface area contributed by atoms with Crippen molar-refractivity contribution in [3.63, 3.8) is 0 Å². The van der Waals surface area contributed by atoms with Crippen LogP contribution in [0.4, 0.5) is 0 Å². The van der Waals surface area contributed by atoms with Crippen LogP contribution in [0.2, 0.25) is 0 Å². The van der Waals surface area contributed by atoms with E-state index in [0.29, 0.717) is 12.2 Å². The summed E-state index contributed by atoms with van der Waals surface area (Å²) in [6.45, 7) is 2.75. The number of benzene rings is 1. The summed E-state index contributed by atoms with van der Waals surface area (Å²) in [7, 11) is 1.37. The quantitative estimate of drug-likeness (QED) is 0.822. The fourth-order valence-electron chi connectivity index (χ4n) is 1.97. The zero-order valence-electron chi connectivity index (χ0n) is 11.4. The lowest BCUT2D eigenvalue weighted by atomic mass is 10.1. The SMILES string of the molecule is COC(=O)c1ccc(CNC(C)c2ccccc2Br)[nH]1. The molecule has 0 radical (unpaired) electrons. The molecule has 0 fully saturated rings. The van der Waals surface area contributed by atoms with Gasteiger partial charge in [-0.3, -0.25) is 0 Å². The molecule has 0 bridgehead atoms. The number of hydrogen-bond acceptors (Lipinski definition) is 3. The van der Waals surface area contributed by atoms with Crippen molar-refractivity contribution in [2.24, 2.45) is 0 Å². The molecule has 106 valence electrons. The first-order valence-electron chi connectivity index (χ1n) is 6.36. The number of carbonyl (C=O) groups excluding carboxylic acids is 1. The number of halogens is 1. The third-order valence-corrected chi connectivity index (χ3v) is 3.84. The van der Waals surface area contributed by atoms with Gasteiger partial charge < -0.3 is 15.0 Å². The van der Waals surface area contributed by atoms with Crippen LogP contribution in [0.1, 0.15) is 34.7 Å². The molecule has 1 atom stereocenters. The number of aromatic nitrogens is 1. The van der Waals surface area contributed by atoms with Crippen LogP contribution in [0, 0.1) is 0 Å². The Hall–Kier alpha value is -1.59. The largest absolute Gasteiger partial charge is 0.464 e. The number of methoxy groups -OCH3 is 1. The molecule has 4 nitrogen and oxygen atoms in total. The van der Waals surface area contributed by atoms with E-state index < -0.39 is 0 Å². The first-order valence-corrected chi connectivity index (χ1v) is 7.15. The molecule has 0 saturated carbocycles. The van der Waals surface area contributed by atoms with Crippen molar-refractivity contribution in [1.82, 2.24) is 10.3 Å². The Labute approximate surface area is 126 Å². The second-order valence-corrected chi connectivity index (χ2v) is 5.37. The van der Waals surface area contributed by atoms with E-state index in [-0.39, 0.29) is 12.0 Å². The van der Waals surface area contributed by atoms with Gasteiger partial charge in [0.05, 0.1) is 7.11 Å². The van der Waals surface area contributed by atoms with E-state index in [0.717, 1.165) is 10.2 Å². The Morgan fingerprint density at radius 2 is 2.10 bits per heavy atom. The Morgan fingerprint density at radius 3 is 2.80 bits per heavy atom. The van der Waals surface area contributed by atoms with Crippen LogP contribution in [0.25, 0.3) is 0 Å². The molecular formula is C15H17BrN2O2. The number of carbonyl (C=O) groups is 1. The Balaban J connectivity index is 1.97. The minimum absolute atomic E-state index is 0.204. The van der Waals surface area contributed by atoms with Crippen molar-refractivity contribution in [3.8, 4) is 0 Å². The number of H-pyrrole nitrogens is 1. The minimum atomic E-state index is -0.352. The number of rotatable bonds is 5. The second-order valence-electron chi connectivity index (χ2n) is 4.51. The fraction of sp³-hybridized carbons (Fsp3) is 0.267. The number of nitrogens with one attached hydrogen (secondary N) is 2. The van der Waals surface area contributed by atoms with Crippen LogP contribution in [0.5, 0.6) is 0 Å². The lowest BCUT2D eigenvalue weighted by Gasteiger charge is -2.15. The van der Waals surface area contributed by atoms with Gasteiger partial charge in [-0.15, -0.1) is 0 Å². The van der Waals surface area contributed by atoms with Gasteiger partial charge in [-0.1, -0.05) is 34.1 Å². The summed E-state index contributed by atoms with van der Waals surface area (Å²) in [5.41, 5.74) is 2.62. The lowest BCUT2D eigenvalue weighted by Crippen LogP contribution is -2.18. The van der Waals surface area contributed by atoms with E-state index in [1.807, 2.05) is 24.3 Å². The number of hydrogen-bond donors (Lipinski definition) is 2. The number of esters is 1. The van der Waals surface area contributed by atoms with Crippen molar-refractivity contribution < 1.29 is 9.53 Å². The molecule has 0 aliphatic carbocycles. The molecule has 0 spiro atoms. The number of aromatic amines is 1. The molecule has 1 unspecified atom stereocenters. The monoisotopic (exact) mass is 336 g/mol. The summed E-state index contributed by atoms with van der Waals surface area (Å²) >= 11 is 3.55. The summed E-state index contributed by atoms with van der Waals surface area (Å²) in [5.74, 6) is -0.352. The standard InChI is InChI=1S/C15H17BrN2O2/c1-10(12-5-3-4-6-13(12)16)17-9-11-7-8-14(18-11)15(19)20-2/h3-8,10,17-18H,9H2,1-2H3. The molecule has 2 N–H and O–H groups in total. The van der Waals surface area contributed by atoms with Gasteiger partial charge in [0, 0.05) is 22.8 Å². The Kier molecular flexibility index (Phi) is 4.98. The van der Waals surface area contributed by atoms with E-state index in [9.17, 15) is 4.79 Å². The highest BCUT2D eigenvalue weighted by Crippen LogP contribution is 2.22. The van der Waals surface area contributed by atoms with E-state index in [2.05, 4.69) is 44.0 Å². The predicted octanol–water partition coefficient (Wildman–Crippen LogP) is 3.41. The van der Waals surface area contributed by atoms with Crippen molar-refractivity contribution in [2.45, 2.75) is 19.5 Å². The van der Waals surface area contributed by atoms with Gasteiger partial charge in [-0.05, 0) is 30.7 Å². The zero-order valence-corrected chi connectivity index (χ0v) is 13.0. The van der Waals surface area contributed by atoms with Crippen LogP contribution in [-0.4, -0.2) is 18.1 Å². The number of ether oxygens (including phenoxy) is 1. The second kappa shape index (κ2) is 6.72. The summed E-state index contributed by atoms with van der Waals surface area (Å²) in [4.78, 5) is 14.4. The molecular weight excluding hydrogens is 320 g/mol. The van der Waals surface area contributed by atoms with E-state index in [4.69, 9.17) is 0 Å². The lowest BCUT2D eigenvalue weighted by molar-refractivity contribution is 0.0594. The normalized spacial score (nSPS) is 12.2. The molecule has 0 aliphatic heterocycles. The van der Waals surface area contributed by atoms with Crippen molar-refractivity contribution in [2.75, 3.05) is 7.11 Å². The molecule has 1 aromatic carbocycles. The van der Waals surface area contributed by atoms with Crippen molar-refractivity contribution >= 4 is 21.9 Å². The highest BCUT2D eigenvalue weighted by atomic mass is 79.9. The summed E-state index contributed by atoms with van der Waals surface area (Å²) in [5, 5.41) is 3.41. The highest BCUT2D eigenvalue weighted by Gasteiger charge is 2.10. The first-order chi connectivity index (χ1) is 9.61. The summed E-state index contributed by atoms with van der Waals surface area (Å²) in [6.07, 6.45) is 0. The molecule has 2 aromatic rings. The van der Waals surface area contributed by atoms with Crippen LogP contribution in [0.3, 0.4) is 0 Å². The Morgan fingerprint density at radius 1 is 1.35 bits per heavy atom. The van der Waals surface area contributed by atoms with Gasteiger partial charge in [0.15, 0.2) is 0 Å². The average Bonchev–Trinajstić information content (AvgIpc) is 2.93. The third kappa shape index (κ3) is 3.49. The van der Waals surface area contributed by atoms with Crippen LogP contribution in [0.15, 0.2) is 40.9 Å². The van der Waals surface area contributed by atoms with Gasteiger partial charge in [0.2, 0.25) is 0 Å². The van der Waals surface area contributed by atoms with E-state index in [1.165, 1.54) is 12.7 Å². The maximum absolute atomic E-state index is 11.4. The molecule has 2 rings (SSSR count). The van der Waals surface area contributed by atoms with Gasteiger partial charge >= 0.3 is 5.97 Å². The van der Waals surface area contributed by atoms with Gasteiger partial charge in [0.1, 0.15) is 5.69 Å². The highest BCUT2D eigenvalue weighted by molar-refractivity contribution is 9.10. The van der Waals surface area contributed by atoms with Crippen molar-refractivity contribution in [3.05, 3.63) is 57.8 Å². The summed E-state index contributed by atoms with van der Waals surface area (Å²) < 4.78 is 5.75. The average molecular weight is 337 g/mol. The molecule has 0 saturated heterocycles. The smallest absolute Gasteiger partial charge is 0.354 e. The third-order valence-electron chi connectivity index (χ3n) is 3.12. The van der Waals surface area contributed by atoms with Gasteiger partial charge in [-0.25, -0.2) is 4.79 Å². The molecule has 1 aromatic heterocycles. The molecule has 5 heteroatoms. The molecule has 20 heavy (non-hydrogen) atoms. The summed E-state index contributed by atoms with van der Waals surface area (Å²) in [6, 6.07) is 11.9. The van der Waals surface area contributed by atoms with Crippen LogP contribution < -0.4 is 5.32 Å². The topological polar surface area (TPSA) is 54.1 Å². The minimum Gasteiger partial charge on any atom is -0.464 e. The van der Waals surface area contributed by atoms with Gasteiger partial charge in [-0.2, -0.15) is 0 Å².